The predicted octanol–water partition coefficient (Wildman–Crippen LogP) is 4.41. The number of carbonyl (C=O) groups is 2. The van der Waals surface area contributed by atoms with Crippen LogP contribution in [0.15, 0.2) is 36.4 Å². The molecule has 0 saturated heterocycles. The first-order valence-corrected chi connectivity index (χ1v) is 8.72. The first-order valence-electron chi connectivity index (χ1n) is 8.34. The maximum atomic E-state index is 12.2. The van der Waals surface area contributed by atoms with E-state index in [4.69, 9.17) is 21.1 Å². The van der Waals surface area contributed by atoms with Gasteiger partial charge in [0.05, 0.1) is 24.3 Å². The molecule has 0 radical (unpaired) electrons. The fourth-order valence-electron chi connectivity index (χ4n) is 2.54. The minimum atomic E-state index is -0.481. The zero-order valence-electron chi connectivity index (χ0n) is 15.1. The van der Waals surface area contributed by atoms with Crippen molar-refractivity contribution < 1.29 is 19.1 Å². The number of anilines is 1. The number of aryl methyl sites for hydroxylation is 2. The van der Waals surface area contributed by atoms with Crippen molar-refractivity contribution >= 4 is 29.2 Å². The highest BCUT2D eigenvalue weighted by atomic mass is 35.5. The van der Waals surface area contributed by atoms with E-state index in [1.807, 2.05) is 25.1 Å². The van der Waals surface area contributed by atoms with Crippen molar-refractivity contribution in [2.75, 3.05) is 19.0 Å². The molecule has 6 heteroatoms. The molecule has 2 aromatic carbocycles. The van der Waals surface area contributed by atoms with Crippen LogP contribution in [0.1, 0.15) is 34.8 Å². The molecule has 26 heavy (non-hydrogen) atoms. The molecule has 0 aliphatic heterocycles. The van der Waals surface area contributed by atoms with E-state index < -0.39 is 5.97 Å². The number of hydrogen-bond donors (Lipinski definition) is 1. The second kappa shape index (κ2) is 9.25. The molecule has 0 aliphatic carbocycles. The van der Waals surface area contributed by atoms with Gasteiger partial charge in [0, 0.05) is 12.1 Å². The summed E-state index contributed by atoms with van der Waals surface area (Å²) in [6, 6.07) is 10.6. The molecule has 0 aromatic heterocycles. The maximum Gasteiger partial charge on any atom is 0.339 e. The Morgan fingerprint density at radius 2 is 1.92 bits per heavy atom. The van der Waals surface area contributed by atoms with E-state index in [0.29, 0.717) is 18.5 Å². The second-order valence-electron chi connectivity index (χ2n) is 5.77. The topological polar surface area (TPSA) is 64.6 Å². The zero-order chi connectivity index (χ0) is 19.1. The molecule has 2 rings (SSSR count). The van der Waals surface area contributed by atoms with E-state index in [0.717, 1.165) is 16.9 Å². The third kappa shape index (κ3) is 5.23. The normalized spacial score (nSPS) is 10.3. The molecule has 2 aromatic rings. The summed E-state index contributed by atoms with van der Waals surface area (Å²) < 4.78 is 10.2. The highest BCUT2D eigenvalue weighted by Crippen LogP contribution is 2.23. The number of rotatable bonds is 7. The molecule has 1 amide bonds. The molecule has 0 spiro atoms. The Hall–Kier alpha value is -2.53. The molecule has 0 bridgehead atoms. The average Bonchev–Trinajstić information content (AvgIpc) is 2.60. The first kappa shape index (κ1) is 19.8. The number of hydrogen-bond acceptors (Lipinski definition) is 4. The van der Waals surface area contributed by atoms with Crippen molar-refractivity contribution in [3.05, 3.63) is 58.1 Å². The highest BCUT2D eigenvalue weighted by Gasteiger charge is 2.13. The number of benzene rings is 2. The zero-order valence-corrected chi connectivity index (χ0v) is 15.9. The molecular weight excluding hydrogens is 354 g/mol. The molecule has 1 N–H and O–H groups in total. The van der Waals surface area contributed by atoms with Crippen LogP contribution in [0.2, 0.25) is 5.02 Å². The molecule has 0 fully saturated rings. The summed E-state index contributed by atoms with van der Waals surface area (Å²) in [5.74, 6) is 0.221. The van der Waals surface area contributed by atoms with Gasteiger partial charge in [-0.2, -0.15) is 0 Å². The number of esters is 1. The van der Waals surface area contributed by atoms with E-state index in [1.165, 1.54) is 0 Å². The van der Waals surface area contributed by atoms with E-state index >= 15 is 0 Å². The smallest absolute Gasteiger partial charge is 0.339 e. The summed E-state index contributed by atoms with van der Waals surface area (Å²) in [7, 11) is 1.63. The van der Waals surface area contributed by atoms with Gasteiger partial charge in [0.25, 0.3) is 0 Å². The average molecular weight is 376 g/mol. The standard InChI is InChI=1S/C20H22ClNO4/c1-4-26-20(24)16-8-7-15(12-17(16)21)22-19(23)10-6-14-5-9-18(25-3)13(2)11-14/h5,7-9,11-12H,4,6,10H2,1-3H3,(H,22,23). The van der Waals surface area contributed by atoms with Crippen LogP contribution in [0.25, 0.3) is 0 Å². The fraction of sp³-hybridized carbons (Fsp3) is 0.300. The van der Waals surface area contributed by atoms with Crippen molar-refractivity contribution in [3.63, 3.8) is 0 Å². The quantitative estimate of drug-likeness (QED) is 0.728. The Bertz CT molecular complexity index is 804. The van der Waals surface area contributed by atoms with Gasteiger partial charge >= 0.3 is 5.97 Å². The van der Waals surface area contributed by atoms with Gasteiger partial charge in [0.1, 0.15) is 5.75 Å². The van der Waals surface area contributed by atoms with Crippen LogP contribution in [0, 0.1) is 6.92 Å². The van der Waals surface area contributed by atoms with Crippen molar-refractivity contribution in [2.45, 2.75) is 26.7 Å². The summed E-state index contributed by atoms with van der Waals surface area (Å²) in [6.45, 7) is 3.97. The van der Waals surface area contributed by atoms with Gasteiger partial charge in [-0.3, -0.25) is 4.79 Å². The predicted molar refractivity (Wildman–Crippen MR) is 102 cm³/mol. The number of methoxy groups -OCH3 is 1. The number of halogens is 1. The third-order valence-corrected chi connectivity index (χ3v) is 4.16. The summed E-state index contributed by atoms with van der Waals surface area (Å²) >= 11 is 6.10. The van der Waals surface area contributed by atoms with E-state index in [-0.39, 0.29) is 23.1 Å². The molecule has 0 atom stereocenters. The van der Waals surface area contributed by atoms with Crippen molar-refractivity contribution in [1.82, 2.24) is 0 Å². The van der Waals surface area contributed by atoms with Gasteiger partial charge in [0.15, 0.2) is 0 Å². The van der Waals surface area contributed by atoms with Crippen LogP contribution in [0.5, 0.6) is 5.75 Å². The lowest BCUT2D eigenvalue weighted by Crippen LogP contribution is -2.13. The Balaban J connectivity index is 1.94. The monoisotopic (exact) mass is 375 g/mol. The molecule has 138 valence electrons. The third-order valence-electron chi connectivity index (χ3n) is 3.85. The Kier molecular flexibility index (Phi) is 7.04. The molecule has 0 unspecified atom stereocenters. The van der Waals surface area contributed by atoms with Crippen molar-refractivity contribution in [1.29, 1.82) is 0 Å². The van der Waals surface area contributed by atoms with Gasteiger partial charge < -0.3 is 14.8 Å². The number of amides is 1. The van der Waals surface area contributed by atoms with Crippen LogP contribution in [0.4, 0.5) is 5.69 Å². The lowest BCUT2D eigenvalue weighted by molar-refractivity contribution is -0.116. The highest BCUT2D eigenvalue weighted by molar-refractivity contribution is 6.34. The van der Waals surface area contributed by atoms with E-state index in [1.54, 1.807) is 32.2 Å². The molecular formula is C20H22ClNO4. The molecule has 0 heterocycles. The maximum absolute atomic E-state index is 12.2. The summed E-state index contributed by atoms with van der Waals surface area (Å²) in [5.41, 5.74) is 2.92. The van der Waals surface area contributed by atoms with E-state index in [2.05, 4.69) is 5.32 Å². The Morgan fingerprint density at radius 1 is 1.15 bits per heavy atom. The molecule has 5 nitrogen and oxygen atoms in total. The lowest BCUT2D eigenvalue weighted by Gasteiger charge is -2.09. The number of ether oxygens (including phenoxy) is 2. The molecule has 0 saturated carbocycles. The summed E-state index contributed by atoms with van der Waals surface area (Å²) in [5, 5.41) is 3.03. The van der Waals surface area contributed by atoms with Gasteiger partial charge in [-0.1, -0.05) is 23.7 Å². The summed E-state index contributed by atoms with van der Waals surface area (Å²) in [4.78, 5) is 23.9. The first-order chi connectivity index (χ1) is 12.4. The Labute approximate surface area is 158 Å². The Morgan fingerprint density at radius 3 is 2.54 bits per heavy atom. The number of nitrogens with one attached hydrogen (secondary N) is 1. The van der Waals surface area contributed by atoms with Crippen LogP contribution < -0.4 is 10.1 Å². The summed E-state index contributed by atoms with van der Waals surface area (Å²) in [6.07, 6.45) is 0.953. The van der Waals surface area contributed by atoms with Gasteiger partial charge in [-0.15, -0.1) is 0 Å². The van der Waals surface area contributed by atoms with Crippen LogP contribution >= 0.6 is 11.6 Å². The second-order valence-corrected chi connectivity index (χ2v) is 6.17. The minimum Gasteiger partial charge on any atom is -0.496 e. The van der Waals surface area contributed by atoms with Crippen LogP contribution in [-0.2, 0) is 16.0 Å². The molecule has 0 aliphatic rings. The lowest BCUT2D eigenvalue weighted by atomic mass is 10.1. The minimum absolute atomic E-state index is 0.126. The number of carbonyl (C=O) groups excluding carboxylic acids is 2. The van der Waals surface area contributed by atoms with Gasteiger partial charge in [-0.25, -0.2) is 4.79 Å². The largest absolute Gasteiger partial charge is 0.496 e. The van der Waals surface area contributed by atoms with Gasteiger partial charge in [0.2, 0.25) is 5.91 Å². The van der Waals surface area contributed by atoms with Crippen LogP contribution in [0.3, 0.4) is 0 Å². The van der Waals surface area contributed by atoms with Gasteiger partial charge in [-0.05, 0) is 55.7 Å². The fourth-order valence-corrected chi connectivity index (χ4v) is 2.80. The SMILES string of the molecule is CCOC(=O)c1ccc(NC(=O)CCc2ccc(OC)c(C)c2)cc1Cl. The van der Waals surface area contributed by atoms with Crippen molar-refractivity contribution in [2.24, 2.45) is 0 Å². The van der Waals surface area contributed by atoms with Crippen LogP contribution in [-0.4, -0.2) is 25.6 Å². The van der Waals surface area contributed by atoms with Crippen molar-refractivity contribution in [3.8, 4) is 5.75 Å². The van der Waals surface area contributed by atoms with E-state index in [9.17, 15) is 9.59 Å².